The second-order valence-electron chi connectivity index (χ2n) is 4.65. The Kier molecular flexibility index (Phi) is 3.71. The highest BCUT2D eigenvalue weighted by Gasteiger charge is 2.08. The molecule has 2 N–H and O–H groups in total. The lowest BCUT2D eigenvalue weighted by Gasteiger charge is -2.06. The van der Waals surface area contributed by atoms with Crippen LogP contribution >= 0.6 is 11.8 Å². The Morgan fingerprint density at radius 3 is 2.90 bits per heavy atom. The van der Waals surface area contributed by atoms with E-state index in [0.29, 0.717) is 6.54 Å². The fourth-order valence-electron chi connectivity index (χ4n) is 2.14. The summed E-state index contributed by atoms with van der Waals surface area (Å²) in [6.45, 7) is 2.80. The summed E-state index contributed by atoms with van der Waals surface area (Å²) in [5.74, 6) is 0. The maximum atomic E-state index is 5.59. The number of nitrogens with zero attached hydrogens (tertiary/aromatic N) is 3. The lowest BCUT2D eigenvalue weighted by Crippen LogP contribution is -2.02. The van der Waals surface area contributed by atoms with E-state index in [4.69, 9.17) is 5.73 Å². The molecule has 0 aliphatic heterocycles. The molecule has 3 aromatic rings. The lowest BCUT2D eigenvalue weighted by molar-refractivity contribution is 0.919. The van der Waals surface area contributed by atoms with Gasteiger partial charge < -0.3 is 5.73 Å². The van der Waals surface area contributed by atoms with Crippen LogP contribution < -0.4 is 5.73 Å². The summed E-state index contributed by atoms with van der Waals surface area (Å²) < 4.78 is 2.00. The topological polar surface area (TPSA) is 56.2 Å². The summed E-state index contributed by atoms with van der Waals surface area (Å²) in [5.41, 5.74) is 8.98. The van der Waals surface area contributed by atoms with E-state index >= 15 is 0 Å². The molecule has 102 valence electrons. The molecule has 0 bridgehead atoms. The molecule has 0 saturated heterocycles. The second-order valence-corrected chi connectivity index (χ2v) is 5.66. The van der Waals surface area contributed by atoms with Crippen molar-refractivity contribution in [3.05, 3.63) is 53.7 Å². The van der Waals surface area contributed by atoms with Crippen LogP contribution in [0.15, 0.2) is 52.6 Å². The quantitative estimate of drug-likeness (QED) is 0.800. The highest BCUT2D eigenvalue weighted by Crippen LogP contribution is 2.29. The maximum absolute atomic E-state index is 5.59. The number of aryl methyl sites for hydroxylation is 1. The summed E-state index contributed by atoms with van der Waals surface area (Å²) in [6, 6.07) is 12.4. The number of hydrogen-bond donors (Lipinski definition) is 1. The monoisotopic (exact) mass is 284 g/mol. The van der Waals surface area contributed by atoms with Crippen molar-refractivity contribution in [1.82, 2.24) is 14.6 Å². The van der Waals surface area contributed by atoms with Crippen molar-refractivity contribution >= 4 is 17.4 Å². The van der Waals surface area contributed by atoms with Crippen LogP contribution in [0.5, 0.6) is 0 Å². The van der Waals surface area contributed by atoms with E-state index in [2.05, 4.69) is 35.3 Å². The van der Waals surface area contributed by atoms with Crippen LogP contribution in [0.1, 0.15) is 11.1 Å². The first-order valence-corrected chi connectivity index (χ1v) is 7.37. The molecule has 0 saturated carbocycles. The molecule has 20 heavy (non-hydrogen) atoms. The Balaban J connectivity index is 1.91. The highest BCUT2D eigenvalue weighted by atomic mass is 32.2. The Morgan fingerprint density at radius 2 is 2.10 bits per heavy atom. The van der Waals surface area contributed by atoms with Crippen LogP contribution in [-0.4, -0.2) is 21.1 Å². The number of rotatable bonds is 4. The van der Waals surface area contributed by atoms with Crippen LogP contribution in [0.4, 0.5) is 0 Å². The highest BCUT2D eigenvalue weighted by molar-refractivity contribution is 7.99. The van der Waals surface area contributed by atoms with Crippen LogP contribution in [-0.2, 0) is 6.42 Å². The predicted molar refractivity (Wildman–Crippen MR) is 81.0 cm³/mol. The Morgan fingerprint density at radius 1 is 1.20 bits per heavy atom. The summed E-state index contributed by atoms with van der Waals surface area (Å²) >= 11 is 1.64. The summed E-state index contributed by atoms with van der Waals surface area (Å²) in [7, 11) is 0. The fraction of sp³-hybridized carbons (Fsp3) is 0.200. The molecular formula is C15H16N4S. The smallest absolute Gasteiger partial charge is 0.200 e. The van der Waals surface area contributed by atoms with Gasteiger partial charge in [0.1, 0.15) is 0 Å². The molecule has 0 amide bonds. The van der Waals surface area contributed by atoms with Crippen molar-refractivity contribution in [2.75, 3.05) is 6.54 Å². The minimum absolute atomic E-state index is 0.681. The summed E-state index contributed by atoms with van der Waals surface area (Å²) in [6.07, 6.45) is 2.90. The van der Waals surface area contributed by atoms with Crippen molar-refractivity contribution < 1.29 is 0 Å². The van der Waals surface area contributed by atoms with Gasteiger partial charge in [-0.05, 0) is 61.0 Å². The van der Waals surface area contributed by atoms with E-state index in [9.17, 15) is 0 Å². The molecule has 2 aromatic heterocycles. The van der Waals surface area contributed by atoms with Gasteiger partial charge in [-0.1, -0.05) is 18.2 Å². The van der Waals surface area contributed by atoms with Gasteiger partial charge in [-0.2, -0.15) is 0 Å². The van der Waals surface area contributed by atoms with Crippen LogP contribution in [0, 0.1) is 6.92 Å². The van der Waals surface area contributed by atoms with Gasteiger partial charge in [-0.3, -0.25) is 4.40 Å². The Bertz CT molecular complexity index is 736. The molecule has 0 atom stereocenters. The predicted octanol–water partition coefficient (Wildman–Crippen LogP) is 2.69. The zero-order valence-electron chi connectivity index (χ0n) is 11.3. The molecule has 1 aromatic carbocycles. The number of pyridine rings is 1. The van der Waals surface area contributed by atoms with Gasteiger partial charge in [0, 0.05) is 11.1 Å². The van der Waals surface area contributed by atoms with E-state index in [0.717, 1.165) is 17.2 Å². The lowest BCUT2D eigenvalue weighted by atomic mass is 10.1. The molecule has 0 aliphatic carbocycles. The molecule has 4 nitrogen and oxygen atoms in total. The average molecular weight is 284 g/mol. The van der Waals surface area contributed by atoms with Crippen molar-refractivity contribution in [3.63, 3.8) is 0 Å². The first-order valence-electron chi connectivity index (χ1n) is 6.55. The molecule has 0 unspecified atom stereocenters. The number of aromatic nitrogens is 3. The van der Waals surface area contributed by atoms with Gasteiger partial charge in [-0.25, -0.2) is 0 Å². The van der Waals surface area contributed by atoms with Gasteiger partial charge in [0.15, 0.2) is 10.8 Å². The van der Waals surface area contributed by atoms with E-state index < -0.39 is 0 Å². The summed E-state index contributed by atoms with van der Waals surface area (Å²) in [5, 5.41) is 9.30. The van der Waals surface area contributed by atoms with Crippen LogP contribution in [0.2, 0.25) is 0 Å². The third-order valence-corrected chi connectivity index (χ3v) is 4.29. The van der Waals surface area contributed by atoms with Gasteiger partial charge in [-0.15, -0.1) is 10.2 Å². The normalized spacial score (nSPS) is 11.1. The number of hydrogen-bond acceptors (Lipinski definition) is 4. The third-order valence-electron chi connectivity index (χ3n) is 3.16. The first-order chi connectivity index (χ1) is 9.78. The minimum Gasteiger partial charge on any atom is -0.330 e. The van der Waals surface area contributed by atoms with E-state index in [1.807, 2.05) is 28.8 Å². The minimum atomic E-state index is 0.681. The molecular weight excluding hydrogens is 268 g/mol. The van der Waals surface area contributed by atoms with Gasteiger partial charge in [0.05, 0.1) is 0 Å². The molecule has 2 heterocycles. The average Bonchev–Trinajstić information content (AvgIpc) is 2.86. The van der Waals surface area contributed by atoms with Crippen molar-refractivity contribution in [3.8, 4) is 0 Å². The maximum Gasteiger partial charge on any atom is 0.200 e. The Hall–Kier alpha value is -1.85. The van der Waals surface area contributed by atoms with Gasteiger partial charge >= 0.3 is 0 Å². The van der Waals surface area contributed by atoms with Gasteiger partial charge in [0.25, 0.3) is 0 Å². The SMILES string of the molecule is Cc1cc(CCN)ccc1Sc1nnc2ccccn12. The van der Waals surface area contributed by atoms with Crippen molar-refractivity contribution in [1.29, 1.82) is 0 Å². The van der Waals surface area contributed by atoms with E-state index in [1.165, 1.54) is 16.0 Å². The number of nitrogens with two attached hydrogens (primary N) is 1. The standard InChI is InChI=1S/C15H16N4S/c1-11-10-12(7-8-16)5-6-13(11)20-15-18-17-14-4-2-3-9-19(14)15/h2-6,9-10H,7-8,16H2,1H3. The molecule has 3 rings (SSSR count). The zero-order valence-corrected chi connectivity index (χ0v) is 12.1. The third kappa shape index (κ3) is 2.55. The first kappa shape index (κ1) is 13.1. The Labute approximate surface area is 122 Å². The molecule has 0 radical (unpaired) electrons. The largest absolute Gasteiger partial charge is 0.330 e. The fourth-order valence-corrected chi connectivity index (χ4v) is 3.02. The molecule has 0 aliphatic rings. The zero-order chi connectivity index (χ0) is 13.9. The van der Waals surface area contributed by atoms with Crippen molar-refractivity contribution in [2.45, 2.75) is 23.4 Å². The van der Waals surface area contributed by atoms with Crippen LogP contribution in [0.25, 0.3) is 5.65 Å². The van der Waals surface area contributed by atoms with Gasteiger partial charge in [0.2, 0.25) is 0 Å². The summed E-state index contributed by atoms with van der Waals surface area (Å²) in [4.78, 5) is 1.20. The number of benzene rings is 1. The molecule has 5 heteroatoms. The molecule has 0 fully saturated rings. The van der Waals surface area contributed by atoms with Crippen molar-refractivity contribution in [2.24, 2.45) is 5.73 Å². The van der Waals surface area contributed by atoms with Crippen LogP contribution in [0.3, 0.4) is 0 Å². The molecule has 0 spiro atoms. The number of fused-ring (bicyclic) bond motifs is 1. The van der Waals surface area contributed by atoms with E-state index in [-0.39, 0.29) is 0 Å². The second kappa shape index (κ2) is 5.64. The van der Waals surface area contributed by atoms with E-state index in [1.54, 1.807) is 11.8 Å².